The normalized spacial score (nSPS) is 12.9. The fourth-order valence-corrected chi connectivity index (χ4v) is 1.96. The number of nitrogens with zero attached hydrogens (tertiary/aromatic N) is 1. The van der Waals surface area contributed by atoms with Gasteiger partial charge in [-0.05, 0) is 20.8 Å². The Kier molecular flexibility index (Phi) is 3.69. The molecule has 0 aliphatic heterocycles. The molecule has 1 atom stereocenters. The molecular formula is C9H16N2OS. The summed E-state index contributed by atoms with van der Waals surface area (Å²) in [7, 11) is 1.70. The molecule has 0 radical (unpaired) electrons. The molecule has 0 saturated carbocycles. The molecule has 1 aromatic rings. The van der Waals surface area contributed by atoms with Crippen LogP contribution in [-0.2, 0) is 4.74 Å². The Balaban J connectivity index is 2.53. The minimum atomic E-state index is 0.315. The Bertz CT molecular complexity index is 253. The summed E-state index contributed by atoms with van der Waals surface area (Å²) in [5.41, 5.74) is 1.11. The lowest BCUT2D eigenvalue weighted by atomic mass is 10.4. The first-order valence-corrected chi connectivity index (χ1v) is 5.14. The van der Waals surface area contributed by atoms with Crippen LogP contribution in [0.2, 0.25) is 0 Å². The van der Waals surface area contributed by atoms with Gasteiger partial charge in [0.1, 0.15) is 0 Å². The van der Waals surface area contributed by atoms with Gasteiger partial charge in [-0.2, -0.15) is 0 Å². The average Bonchev–Trinajstić information content (AvgIpc) is 2.31. The lowest BCUT2D eigenvalue weighted by Gasteiger charge is -2.10. The first-order valence-electron chi connectivity index (χ1n) is 4.33. The van der Waals surface area contributed by atoms with Crippen LogP contribution in [-0.4, -0.2) is 24.7 Å². The molecule has 0 saturated heterocycles. The molecule has 1 N–H and O–H groups in total. The van der Waals surface area contributed by atoms with E-state index in [0.717, 1.165) is 10.8 Å². The van der Waals surface area contributed by atoms with Gasteiger partial charge < -0.3 is 10.1 Å². The minimum absolute atomic E-state index is 0.315. The molecule has 3 nitrogen and oxygen atoms in total. The van der Waals surface area contributed by atoms with Crippen molar-refractivity contribution in [1.29, 1.82) is 0 Å². The summed E-state index contributed by atoms with van der Waals surface area (Å²) in [4.78, 5) is 5.65. The summed E-state index contributed by atoms with van der Waals surface area (Å²) in [5, 5.41) is 4.27. The average molecular weight is 200 g/mol. The highest BCUT2D eigenvalue weighted by Gasteiger charge is 2.06. The number of ether oxygens (including phenoxy) is 1. The predicted molar refractivity (Wildman–Crippen MR) is 56.5 cm³/mol. The monoisotopic (exact) mass is 200 g/mol. The highest BCUT2D eigenvalue weighted by Crippen LogP contribution is 2.21. The van der Waals surface area contributed by atoms with Gasteiger partial charge in [-0.3, -0.25) is 0 Å². The maximum Gasteiger partial charge on any atom is 0.183 e. The molecular weight excluding hydrogens is 184 g/mol. The Morgan fingerprint density at radius 3 is 2.69 bits per heavy atom. The van der Waals surface area contributed by atoms with Crippen LogP contribution in [0.15, 0.2) is 0 Å². The number of aryl methyl sites for hydroxylation is 2. The van der Waals surface area contributed by atoms with Gasteiger partial charge in [-0.15, -0.1) is 11.3 Å². The van der Waals surface area contributed by atoms with Crippen LogP contribution in [0.5, 0.6) is 0 Å². The molecule has 0 aliphatic carbocycles. The van der Waals surface area contributed by atoms with Crippen LogP contribution in [0.1, 0.15) is 17.5 Å². The smallest absolute Gasteiger partial charge is 0.183 e. The van der Waals surface area contributed by atoms with Gasteiger partial charge in [0.25, 0.3) is 0 Å². The van der Waals surface area contributed by atoms with Crippen molar-refractivity contribution in [3.8, 4) is 0 Å². The van der Waals surface area contributed by atoms with E-state index in [0.29, 0.717) is 12.6 Å². The van der Waals surface area contributed by atoms with Crippen molar-refractivity contribution in [3.05, 3.63) is 10.6 Å². The molecule has 1 rings (SSSR count). The standard InChI is InChI=1S/C9H16N2OS/c1-6(5-12-4)10-9-11-7(2)8(3)13-9/h6H,5H2,1-4H3,(H,10,11). The topological polar surface area (TPSA) is 34.1 Å². The summed E-state index contributed by atoms with van der Waals surface area (Å²) in [5.74, 6) is 0. The molecule has 0 aliphatic rings. The van der Waals surface area contributed by atoms with Gasteiger partial charge in [-0.1, -0.05) is 0 Å². The lowest BCUT2D eigenvalue weighted by Crippen LogP contribution is -2.20. The Hall–Kier alpha value is -0.610. The largest absolute Gasteiger partial charge is 0.383 e. The number of anilines is 1. The highest BCUT2D eigenvalue weighted by atomic mass is 32.1. The molecule has 0 amide bonds. The fourth-order valence-electron chi connectivity index (χ4n) is 1.04. The number of thiazole rings is 1. The molecule has 1 heterocycles. The minimum Gasteiger partial charge on any atom is -0.383 e. The van der Waals surface area contributed by atoms with Gasteiger partial charge in [-0.25, -0.2) is 4.98 Å². The highest BCUT2D eigenvalue weighted by molar-refractivity contribution is 7.15. The Labute approximate surface area is 83.1 Å². The van der Waals surface area contributed by atoms with Crippen LogP contribution in [0.25, 0.3) is 0 Å². The predicted octanol–water partition coefficient (Wildman–Crippen LogP) is 2.21. The van der Waals surface area contributed by atoms with Gasteiger partial charge in [0.05, 0.1) is 12.3 Å². The zero-order valence-electron chi connectivity index (χ0n) is 8.55. The van der Waals surface area contributed by atoms with E-state index < -0.39 is 0 Å². The van der Waals surface area contributed by atoms with E-state index in [9.17, 15) is 0 Å². The third-order valence-corrected chi connectivity index (χ3v) is 2.82. The van der Waals surface area contributed by atoms with Crippen LogP contribution >= 0.6 is 11.3 Å². The van der Waals surface area contributed by atoms with E-state index in [-0.39, 0.29) is 0 Å². The summed E-state index contributed by atoms with van der Waals surface area (Å²) in [6, 6.07) is 0.315. The number of aromatic nitrogens is 1. The summed E-state index contributed by atoms with van der Waals surface area (Å²) in [6.07, 6.45) is 0. The quantitative estimate of drug-likeness (QED) is 0.809. The second kappa shape index (κ2) is 4.58. The molecule has 0 bridgehead atoms. The van der Waals surface area contributed by atoms with E-state index >= 15 is 0 Å². The lowest BCUT2D eigenvalue weighted by molar-refractivity contribution is 0.190. The molecule has 1 aromatic heterocycles. The van der Waals surface area contributed by atoms with Crippen LogP contribution in [0.3, 0.4) is 0 Å². The number of hydrogen-bond acceptors (Lipinski definition) is 4. The van der Waals surface area contributed by atoms with Gasteiger partial charge in [0.15, 0.2) is 5.13 Å². The van der Waals surface area contributed by atoms with Crippen molar-refractivity contribution < 1.29 is 4.74 Å². The summed E-state index contributed by atoms with van der Waals surface area (Å²) < 4.78 is 5.03. The van der Waals surface area contributed by atoms with Crippen molar-refractivity contribution in [3.63, 3.8) is 0 Å². The van der Waals surface area contributed by atoms with E-state index in [4.69, 9.17) is 4.74 Å². The maximum atomic E-state index is 5.03. The molecule has 0 aromatic carbocycles. The van der Waals surface area contributed by atoms with Crippen molar-refractivity contribution in [1.82, 2.24) is 4.98 Å². The van der Waals surface area contributed by atoms with Gasteiger partial charge in [0, 0.05) is 18.0 Å². The molecule has 13 heavy (non-hydrogen) atoms. The van der Waals surface area contributed by atoms with Crippen molar-refractivity contribution >= 4 is 16.5 Å². The molecule has 0 spiro atoms. The van der Waals surface area contributed by atoms with E-state index in [2.05, 4.69) is 24.1 Å². The maximum absolute atomic E-state index is 5.03. The number of rotatable bonds is 4. The van der Waals surface area contributed by atoms with Crippen molar-refractivity contribution in [2.24, 2.45) is 0 Å². The Morgan fingerprint density at radius 1 is 1.54 bits per heavy atom. The second-order valence-corrected chi connectivity index (χ2v) is 4.36. The van der Waals surface area contributed by atoms with Crippen molar-refractivity contribution in [2.45, 2.75) is 26.8 Å². The number of methoxy groups -OCH3 is 1. The molecule has 1 unspecified atom stereocenters. The molecule has 4 heteroatoms. The fraction of sp³-hybridized carbons (Fsp3) is 0.667. The van der Waals surface area contributed by atoms with E-state index in [1.54, 1.807) is 18.4 Å². The Morgan fingerprint density at radius 2 is 2.23 bits per heavy atom. The first-order chi connectivity index (χ1) is 6.13. The molecule has 0 fully saturated rings. The third-order valence-electron chi connectivity index (χ3n) is 1.82. The van der Waals surface area contributed by atoms with Gasteiger partial charge >= 0.3 is 0 Å². The van der Waals surface area contributed by atoms with Crippen molar-refractivity contribution in [2.75, 3.05) is 19.0 Å². The van der Waals surface area contributed by atoms with E-state index in [1.807, 2.05) is 6.92 Å². The number of hydrogen-bond donors (Lipinski definition) is 1. The van der Waals surface area contributed by atoms with Crippen LogP contribution in [0.4, 0.5) is 5.13 Å². The zero-order chi connectivity index (χ0) is 9.84. The number of nitrogens with one attached hydrogen (secondary N) is 1. The van der Waals surface area contributed by atoms with Gasteiger partial charge in [0.2, 0.25) is 0 Å². The summed E-state index contributed by atoms with van der Waals surface area (Å²) >= 11 is 1.69. The summed E-state index contributed by atoms with van der Waals surface area (Å²) in [6.45, 7) is 6.89. The third kappa shape index (κ3) is 2.97. The second-order valence-electron chi connectivity index (χ2n) is 3.16. The van der Waals surface area contributed by atoms with E-state index in [1.165, 1.54) is 4.88 Å². The van der Waals surface area contributed by atoms with Crippen LogP contribution < -0.4 is 5.32 Å². The first kappa shape index (κ1) is 10.5. The molecule has 74 valence electrons. The SMILES string of the molecule is COCC(C)Nc1nc(C)c(C)s1. The van der Waals surface area contributed by atoms with Crippen LogP contribution in [0, 0.1) is 13.8 Å². The zero-order valence-corrected chi connectivity index (χ0v) is 9.36.